The van der Waals surface area contributed by atoms with E-state index in [1.54, 1.807) is 0 Å². The third-order valence-corrected chi connectivity index (χ3v) is 3.44. The summed E-state index contributed by atoms with van der Waals surface area (Å²) in [6, 6.07) is 2.17. The summed E-state index contributed by atoms with van der Waals surface area (Å²) in [7, 11) is 0. The van der Waals surface area contributed by atoms with Crippen LogP contribution in [-0.4, -0.2) is 24.6 Å². The lowest BCUT2D eigenvalue weighted by atomic mass is 10.1. The minimum Gasteiger partial charge on any atom is -0.486 e. The highest BCUT2D eigenvalue weighted by Crippen LogP contribution is 2.32. The number of nitrogens with zero attached hydrogens (tertiary/aromatic N) is 1. The fraction of sp³-hybridized carbons (Fsp3) is 0.455. The maximum atomic E-state index is 13.2. The molecule has 1 aromatic carbocycles. The predicted molar refractivity (Wildman–Crippen MR) is 67.2 cm³/mol. The first-order valence-corrected chi connectivity index (χ1v) is 6.34. The van der Waals surface area contributed by atoms with Crippen LogP contribution >= 0.6 is 15.9 Å². The van der Waals surface area contributed by atoms with Crippen LogP contribution in [0.5, 0.6) is 5.75 Å². The highest BCUT2D eigenvalue weighted by atomic mass is 79.9. The van der Waals surface area contributed by atoms with E-state index in [9.17, 15) is 14.5 Å². The molecule has 0 saturated carbocycles. The Morgan fingerprint density at radius 1 is 1.61 bits per heavy atom. The fourth-order valence-electron chi connectivity index (χ4n) is 1.84. The lowest BCUT2D eigenvalue weighted by Gasteiger charge is -2.11. The molecule has 1 aliphatic heterocycles. The molecular formula is C11H12BrFN2O3. The highest BCUT2D eigenvalue weighted by Gasteiger charge is 2.21. The number of hydrogen-bond donors (Lipinski definition) is 1. The van der Waals surface area contributed by atoms with Gasteiger partial charge in [-0.25, -0.2) is 4.39 Å². The summed E-state index contributed by atoms with van der Waals surface area (Å²) in [6.07, 6.45) is 0.982. The van der Waals surface area contributed by atoms with Crippen LogP contribution in [0.1, 0.15) is 6.42 Å². The van der Waals surface area contributed by atoms with Crippen molar-refractivity contribution < 1.29 is 14.1 Å². The van der Waals surface area contributed by atoms with Crippen molar-refractivity contribution in [2.45, 2.75) is 6.42 Å². The minimum atomic E-state index is -0.670. The maximum Gasteiger partial charge on any atom is 0.313 e. The Kier molecular flexibility index (Phi) is 4.13. The van der Waals surface area contributed by atoms with E-state index < -0.39 is 10.7 Å². The largest absolute Gasteiger partial charge is 0.486 e. The molecule has 0 bridgehead atoms. The van der Waals surface area contributed by atoms with E-state index in [-0.39, 0.29) is 15.9 Å². The van der Waals surface area contributed by atoms with Crippen LogP contribution in [0.2, 0.25) is 0 Å². The van der Waals surface area contributed by atoms with E-state index in [4.69, 9.17) is 4.74 Å². The number of benzene rings is 1. The fourth-order valence-corrected chi connectivity index (χ4v) is 2.16. The number of nitro groups is 1. The Morgan fingerprint density at radius 3 is 3.00 bits per heavy atom. The monoisotopic (exact) mass is 318 g/mol. The average Bonchev–Trinajstić information content (AvgIpc) is 2.83. The standard InChI is InChI=1S/C11H12BrFN2O3/c12-8-3-11(10(15(16)17)4-9(8)13)18-6-7-1-2-14-5-7/h3-4,7,14H,1-2,5-6H2. The van der Waals surface area contributed by atoms with Crippen LogP contribution in [0.25, 0.3) is 0 Å². The van der Waals surface area contributed by atoms with Crippen LogP contribution < -0.4 is 10.1 Å². The zero-order chi connectivity index (χ0) is 13.1. The Hall–Kier alpha value is -1.21. The number of nitro benzene ring substituents is 1. The van der Waals surface area contributed by atoms with E-state index in [1.165, 1.54) is 6.07 Å². The third kappa shape index (κ3) is 2.97. The van der Waals surface area contributed by atoms with E-state index in [0.717, 1.165) is 25.6 Å². The van der Waals surface area contributed by atoms with Crippen LogP contribution in [0, 0.1) is 21.8 Å². The van der Waals surface area contributed by atoms with Crippen LogP contribution in [0.3, 0.4) is 0 Å². The molecular weight excluding hydrogens is 307 g/mol. The van der Waals surface area contributed by atoms with Crippen molar-refractivity contribution in [3.8, 4) is 5.75 Å². The molecule has 2 rings (SSSR count). The van der Waals surface area contributed by atoms with Crippen molar-refractivity contribution in [2.75, 3.05) is 19.7 Å². The molecule has 1 atom stereocenters. The lowest BCUT2D eigenvalue weighted by Crippen LogP contribution is -2.16. The van der Waals surface area contributed by atoms with E-state index in [1.807, 2.05) is 0 Å². The summed E-state index contributed by atoms with van der Waals surface area (Å²) in [5.74, 6) is -0.231. The van der Waals surface area contributed by atoms with Gasteiger partial charge in [-0.15, -0.1) is 0 Å². The molecule has 1 N–H and O–H groups in total. The first-order chi connectivity index (χ1) is 8.58. The molecule has 1 unspecified atom stereocenters. The summed E-state index contributed by atoms with van der Waals surface area (Å²) in [5, 5.41) is 14.0. The van der Waals surface area contributed by atoms with Crippen molar-refractivity contribution in [3.05, 3.63) is 32.5 Å². The van der Waals surface area contributed by atoms with Gasteiger partial charge in [-0.3, -0.25) is 10.1 Å². The normalized spacial score (nSPS) is 18.9. The van der Waals surface area contributed by atoms with Gasteiger partial charge in [-0.1, -0.05) is 0 Å². The van der Waals surface area contributed by atoms with Crippen molar-refractivity contribution >= 4 is 21.6 Å². The first kappa shape index (κ1) is 13.2. The van der Waals surface area contributed by atoms with Gasteiger partial charge in [0.05, 0.1) is 22.1 Å². The molecule has 0 amide bonds. The first-order valence-electron chi connectivity index (χ1n) is 5.55. The zero-order valence-corrected chi connectivity index (χ0v) is 11.1. The molecule has 1 heterocycles. The summed E-state index contributed by atoms with van der Waals surface area (Å²) in [6.45, 7) is 2.17. The smallest absolute Gasteiger partial charge is 0.313 e. The molecule has 1 aliphatic rings. The molecule has 18 heavy (non-hydrogen) atoms. The van der Waals surface area contributed by atoms with Gasteiger partial charge in [0.2, 0.25) is 0 Å². The Bertz CT molecular complexity index is 464. The van der Waals surface area contributed by atoms with Gasteiger partial charge >= 0.3 is 5.69 Å². The number of rotatable bonds is 4. The Morgan fingerprint density at radius 2 is 2.39 bits per heavy atom. The number of halogens is 2. The molecule has 5 nitrogen and oxygen atoms in total. The van der Waals surface area contributed by atoms with Crippen molar-refractivity contribution in [1.29, 1.82) is 0 Å². The zero-order valence-electron chi connectivity index (χ0n) is 9.49. The quantitative estimate of drug-likeness (QED) is 0.684. The minimum absolute atomic E-state index is 0.0974. The summed E-state index contributed by atoms with van der Waals surface area (Å²) < 4.78 is 18.8. The Balaban J connectivity index is 2.14. The summed E-state index contributed by atoms with van der Waals surface area (Å²) >= 11 is 2.99. The SMILES string of the molecule is O=[N+]([O-])c1cc(F)c(Br)cc1OCC1CCNC1. The van der Waals surface area contributed by atoms with Gasteiger partial charge in [0.25, 0.3) is 0 Å². The lowest BCUT2D eigenvalue weighted by molar-refractivity contribution is -0.386. The van der Waals surface area contributed by atoms with Gasteiger partial charge in [0.15, 0.2) is 5.75 Å². The number of hydrogen-bond acceptors (Lipinski definition) is 4. The number of ether oxygens (including phenoxy) is 1. The van der Waals surface area contributed by atoms with Gasteiger partial charge < -0.3 is 10.1 Å². The topological polar surface area (TPSA) is 64.4 Å². The van der Waals surface area contributed by atoms with E-state index >= 15 is 0 Å². The van der Waals surface area contributed by atoms with Crippen molar-refractivity contribution in [3.63, 3.8) is 0 Å². The van der Waals surface area contributed by atoms with E-state index in [2.05, 4.69) is 21.2 Å². The summed E-state index contributed by atoms with van der Waals surface area (Å²) in [4.78, 5) is 10.2. The predicted octanol–water partition coefficient (Wildman–Crippen LogP) is 2.48. The Labute approximate surface area is 112 Å². The molecule has 1 fully saturated rings. The van der Waals surface area contributed by atoms with Crippen molar-refractivity contribution in [1.82, 2.24) is 5.32 Å². The second-order valence-corrected chi connectivity index (χ2v) is 5.02. The van der Waals surface area contributed by atoms with E-state index in [0.29, 0.717) is 12.5 Å². The van der Waals surface area contributed by atoms with Crippen LogP contribution in [-0.2, 0) is 0 Å². The van der Waals surface area contributed by atoms with Gasteiger partial charge in [-0.2, -0.15) is 0 Å². The molecule has 0 aliphatic carbocycles. The molecule has 7 heteroatoms. The van der Waals surface area contributed by atoms with Gasteiger partial charge in [-0.05, 0) is 28.9 Å². The van der Waals surface area contributed by atoms with Gasteiger partial charge in [0, 0.05) is 18.5 Å². The molecule has 98 valence electrons. The average molecular weight is 319 g/mol. The third-order valence-electron chi connectivity index (χ3n) is 2.84. The molecule has 1 aromatic rings. The molecule has 0 radical (unpaired) electrons. The maximum absolute atomic E-state index is 13.2. The second kappa shape index (κ2) is 5.62. The van der Waals surface area contributed by atoms with Crippen LogP contribution in [0.4, 0.5) is 10.1 Å². The molecule has 0 spiro atoms. The molecule has 1 saturated heterocycles. The summed E-state index contributed by atoms with van der Waals surface area (Å²) in [5.41, 5.74) is -0.346. The number of nitrogens with one attached hydrogen (secondary N) is 1. The second-order valence-electron chi connectivity index (χ2n) is 4.16. The van der Waals surface area contributed by atoms with Gasteiger partial charge in [0.1, 0.15) is 5.82 Å². The molecule has 0 aromatic heterocycles. The highest BCUT2D eigenvalue weighted by molar-refractivity contribution is 9.10. The van der Waals surface area contributed by atoms with Crippen LogP contribution in [0.15, 0.2) is 16.6 Å². The van der Waals surface area contributed by atoms with Crippen molar-refractivity contribution in [2.24, 2.45) is 5.92 Å².